The summed E-state index contributed by atoms with van der Waals surface area (Å²) < 4.78 is 0. The number of hydrogen-bond donors (Lipinski definition) is 2. The molecule has 0 aliphatic heterocycles. The molecular formula is C16H33N3O. The Bertz CT molecular complexity index is 295. The third kappa shape index (κ3) is 4.74. The highest BCUT2D eigenvalue weighted by molar-refractivity contribution is 5.78. The fourth-order valence-corrected chi connectivity index (χ4v) is 3.48. The van der Waals surface area contributed by atoms with E-state index in [0.717, 1.165) is 38.8 Å². The number of rotatable bonds is 8. The molecule has 20 heavy (non-hydrogen) atoms. The van der Waals surface area contributed by atoms with Crippen LogP contribution in [-0.4, -0.2) is 42.5 Å². The lowest BCUT2D eigenvalue weighted by Crippen LogP contribution is -2.58. The molecule has 2 atom stereocenters. The monoisotopic (exact) mass is 283 g/mol. The van der Waals surface area contributed by atoms with Crippen LogP contribution in [0.4, 0.5) is 0 Å². The Morgan fingerprint density at radius 2 is 2.20 bits per heavy atom. The van der Waals surface area contributed by atoms with Crippen LogP contribution in [0.2, 0.25) is 0 Å². The highest BCUT2D eigenvalue weighted by Crippen LogP contribution is 2.36. The number of nitrogens with two attached hydrogens (primary N) is 1. The fourth-order valence-electron chi connectivity index (χ4n) is 3.48. The van der Waals surface area contributed by atoms with Crippen molar-refractivity contribution < 1.29 is 4.79 Å². The van der Waals surface area contributed by atoms with Gasteiger partial charge in [-0.25, -0.2) is 0 Å². The van der Waals surface area contributed by atoms with E-state index in [1.54, 1.807) is 0 Å². The Morgan fingerprint density at radius 3 is 2.75 bits per heavy atom. The second-order valence-corrected chi connectivity index (χ2v) is 6.35. The predicted molar refractivity (Wildman–Crippen MR) is 84.6 cm³/mol. The van der Waals surface area contributed by atoms with Crippen molar-refractivity contribution in [3.63, 3.8) is 0 Å². The Hall–Kier alpha value is -0.610. The number of unbranched alkanes of at least 4 members (excludes halogenated alkanes) is 1. The maximum Gasteiger partial charge on any atom is 0.234 e. The van der Waals surface area contributed by atoms with E-state index in [-0.39, 0.29) is 11.4 Å². The molecule has 1 rings (SSSR count). The van der Waals surface area contributed by atoms with Crippen molar-refractivity contribution in [1.29, 1.82) is 0 Å². The number of hydrogen-bond acceptors (Lipinski definition) is 3. The topological polar surface area (TPSA) is 58.4 Å². The van der Waals surface area contributed by atoms with Gasteiger partial charge < -0.3 is 11.1 Å². The first-order valence-corrected chi connectivity index (χ1v) is 8.29. The zero-order valence-electron chi connectivity index (χ0n) is 13.6. The molecule has 0 spiro atoms. The van der Waals surface area contributed by atoms with E-state index in [1.165, 1.54) is 12.8 Å². The molecule has 0 heterocycles. The molecule has 118 valence electrons. The molecule has 1 aliphatic rings. The number of nitrogens with one attached hydrogen (secondary N) is 1. The highest BCUT2D eigenvalue weighted by Gasteiger charge is 2.38. The number of likely N-dealkylation sites (N-methyl/N-ethyl adjacent to an activating group) is 1. The maximum absolute atomic E-state index is 12.1. The Balaban J connectivity index is 2.60. The average Bonchev–Trinajstić information content (AvgIpc) is 2.44. The summed E-state index contributed by atoms with van der Waals surface area (Å²) in [6, 6.07) is 0. The SMILES string of the molecule is CCCCNC(=O)CN(CC)C1(CN)CCCC(C)C1. The molecule has 4 heteroatoms. The van der Waals surface area contributed by atoms with Gasteiger partial charge in [0, 0.05) is 18.6 Å². The largest absolute Gasteiger partial charge is 0.355 e. The maximum atomic E-state index is 12.1. The summed E-state index contributed by atoms with van der Waals surface area (Å²) in [6.07, 6.45) is 6.94. The minimum Gasteiger partial charge on any atom is -0.355 e. The lowest BCUT2D eigenvalue weighted by molar-refractivity contribution is -0.124. The molecule has 1 amide bonds. The van der Waals surface area contributed by atoms with E-state index in [1.807, 2.05) is 0 Å². The van der Waals surface area contributed by atoms with E-state index in [9.17, 15) is 4.79 Å². The summed E-state index contributed by atoms with van der Waals surface area (Å²) in [5, 5.41) is 3.02. The third-order valence-corrected chi connectivity index (χ3v) is 4.69. The van der Waals surface area contributed by atoms with Gasteiger partial charge in [0.1, 0.15) is 0 Å². The Kier molecular flexibility index (Phi) is 7.52. The van der Waals surface area contributed by atoms with E-state index in [2.05, 4.69) is 31.0 Å². The Labute approximate surface area is 124 Å². The number of carbonyl (C=O) groups is 1. The second-order valence-electron chi connectivity index (χ2n) is 6.35. The van der Waals surface area contributed by atoms with Crippen LogP contribution in [0.1, 0.15) is 59.3 Å². The van der Waals surface area contributed by atoms with Crippen molar-refractivity contribution in [3.05, 3.63) is 0 Å². The van der Waals surface area contributed by atoms with Crippen LogP contribution < -0.4 is 11.1 Å². The quantitative estimate of drug-likeness (QED) is 0.671. The molecule has 0 aromatic rings. The van der Waals surface area contributed by atoms with E-state index in [4.69, 9.17) is 5.73 Å². The smallest absolute Gasteiger partial charge is 0.234 e. The van der Waals surface area contributed by atoms with Crippen molar-refractivity contribution in [1.82, 2.24) is 10.2 Å². The summed E-state index contributed by atoms with van der Waals surface area (Å²) in [6.45, 7) is 9.41. The van der Waals surface area contributed by atoms with Gasteiger partial charge >= 0.3 is 0 Å². The van der Waals surface area contributed by atoms with E-state index < -0.39 is 0 Å². The normalized spacial score (nSPS) is 26.8. The first kappa shape index (κ1) is 17.4. The van der Waals surface area contributed by atoms with Gasteiger partial charge in [0.05, 0.1) is 6.54 Å². The Morgan fingerprint density at radius 1 is 1.45 bits per heavy atom. The van der Waals surface area contributed by atoms with Gasteiger partial charge in [-0.3, -0.25) is 9.69 Å². The molecule has 1 saturated carbocycles. The molecule has 1 aliphatic carbocycles. The van der Waals surface area contributed by atoms with Crippen LogP contribution in [0.3, 0.4) is 0 Å². The first-order chi connectivity index (χ1) is 9.57. The zero-order chi connectivity index (χ0) is 15.0. The van der Waals surface area contributed by atoms with Gasteiger partial charge in [0.2, 0.25) is 5.91 Å². The zero-order valence-corrected chi connectivity index (χ0v) is 13.6. The summed E-state index contributed by atoms with van der Waals surface area (Å²) in [4.78, 5) is 14.4. The van der Waals surface area contributed by atoms with Gasteiger partial charge in [0.25, 0.3) is 0 Å². The lowest BCUT2D eigenvalue weighted by atomic mass is 9.75. The predicted octanol–water partition coefficient (Wildman–Crippen LogP) is 2.13. The van der Waals surface area contributed by atoms with Crippen LogP contribution >= 0.6 is 0 Å². The van der Waals surface area contributed by atoms with Gasteiger partial charge in [0.15, 0.2) is 0 Å². The molecule has 0 saturated heterocycles. The van der Waals surface area contributed by atoms with Crippen molar-refractivity contribution in [2.24, 2.45) is 11.7 Å². The van der Waals surface area contributed by atoms with Crippen LogP contribution in [0.25, 0.3) is 0 Å². The molecular weight excluding hydrogens is 250 g/mol. The summed E-state index contributed by atoms with van der Waals surface area (Å²) >= 11 is 0. The molecule has 1 fully saturated rings. The minimum absolute atomic E-state index is 0.0362. The van der Waals surface area contributed by atoms with Crippen molar-refractivity contribution >= 4 is 5.91 Å². The molecule has 0 bridgehead atoms. The molecule has 0 radical (unpaired) electrons. The van der Waals surface area contributed by atoms with Crippen molar-refractivity contribution in [3.8, 4) is 0 Å². The standard InChI is InChI=1S/C16H33N3O/c1-4-6-10-18-15(20)12-19(5-2)16(13-17)9-7-8-14(3)11-16/h14H,4-13,17H2,1-3H3,(H,18,20). The second kappa shape index (κ2) is 8.63. The summed E-state index contributed by atoms with van der Waals surface area (Å²) in [7, 11) is 0. The van der Waals surface area contributed by atoms with Gasteiger partial charge in [-0.2, -0.15) is 0 Å². The van der Waals surface area contributed by atoms with E-state index >= 15 is 0 Å². The van der Waals surface area contributed by atoms with Crippen molar-refractivity contribution in [2.75, 3.05) is 26.2 Å². The van der Waals surface area contributed by atoms with E-state index in [0.29, 0.717) is 19.0 Å². The van der Waals surface area contributed by atoms with Crippen LogP contribution in [0.15, 0.2) is 0 Å². The first-order valence-electron chi connectivity index (χ1n) is 8.29. The van der Waals surface area contributed by atoms with Gasteiger partial charge in [-0.15, -0.1) is 0 Å². The number of carbonyl (C=O) groups excluding carboxylic acids is 1. The van der Waals surface area contributed by atoms with Gasteiger partial charge in [-0.05, 0) is 31.7 Å². The highest BCUT2D eigenvalue weighted by atomic mass is 16.2. The van der Waals surface area contributed by atoms with Gasteiger partial charge in [-0.1, -0.05) is 40.0 Å². The lowest BCUT2D eigenvalue weighted by Gasteiger charge is -2.47. The summed E-state index contributed by atoms with van der Waals surface area (Å²) in [5.74, 6) is 0.857. The third-order valence-electron chi connectivity index (χ3n) is 4.69. The average molecular weight is 283 g/mol. The van der Waals surface area contributed by atoms with Crippen LogP contribution in [0, 0.1) is 5.92 Å². The number of amides is 1. The van der Waals surface area contributed by atoms with Crippen LogP contribution in [0.5, 0.6) is 0 Å². The van der Waals surface area contributed by atoms with Crippen LogP contribution in [-0.2, 0) is 4.79 Å². The molecule has 4 nitrogen and oxygen atoms in total. The molecule has 2 unspecified atom stereocenters. The fraction of sp³-hybridized carbons (Fsp3) is 0.938. The summed E-state index contributed by atoms with van der Waals surface area (Å²) in [5.41, 5.74) is 6.14. The molecule has 0 aromatic carbocycles. The molecule has 3 N–H and O–H groups in total. The minimum atomic E-state index is 0.0362. The molecule has 0 aromatic heterocycles. The van der Waals surface area contributed by atoms with Crippen molar-refractivity contribution in [2.45, 2.75) is 64.8 Å². The number of nitrogens with zero attached hydrogens (tertiary/aromatic N) is 1.